The molecule has 28 heteroatoms. The maximum atomic E-state index is 14.5. The van der Waals surface area contributed by atoms with Gasteiger partial charge < -0.3 is 77.8 Å². The number of aromatic nitrogens is 1. The lowest BCUT2D eigenvalue weighted by molar-refractivity contribution is -0.162. The Morgan fingerprint density at radius 1 is 0.890 bits per heavy atom. The highest BCUT2D eigenvalue weighted by Crippen LogP contribution is 2.49. The number of methoxy groups -OCH3 is 4. The molecule has 0 saturated carbocycles. The number of alkyl carbamates (subject to hydrolysis) is 1. The first-order chi connectivity index (χ1) is 43.2. The third-order valence-electron chi connectivity index (χ3n) is 17.0. The number of ether oxygens (including phenoxy) is 7. The first kappa shape index (κ1) is 72.8. The Labute approximate surface area is 536 Å². The van der Waals surface area contributed by atoms with Gasteiger partial charge in [0, 0.05) is 112 Å². The van der Waals surface area contributed by atoms with Gasteiger partial charge in [0.15, 0.2) is 5.72 Å². The van der Waals surface area contributed by atoms with Crippen LogP contribution in [0.1, 0.15) is 64.6 Å². The number of carbonyl (C=O) groups is 8. The van der Waals surface area contributed by atoms with Crippen molar-refractivity contribution < 1.29 is 81.7 Å². The number of hydrazine groups is 1. The van der Waals surface area contributed by atoms with Crippen molar-refractivity contribution in [3.8, 4) is 5.75 Å². The highest BCUT2D eigenvalue weighted by Gasteiger charge is 2.64. The number of aliphatic hydroxyl groups excluding tert-OH is 1. The van der Waals surface area contributed by atoms with Crippen molar-refractivity contribution in [2.75, 3.05) is 127 Å². The van der Waals surface area contributed by atoms with Crippen LogP contribution in [0.3, 0.4) is 0 Å². The number of allylic oxidation sites excluding steroid dienone is 3. The van der Waals surface area contributed by atoms with Crippen molar-refractivity contribution in [2.45, 2.75) is 115 Å². The number of nitrogens with one attached hydrogen (secondary N) is 3. The molecule has 4 heterocycles. The van der Waals surface area contributed by atoms with Gasteiger partial charge in [0.25, 0.3) is 0 Å². The normalized spacial score (nSPS) is 23.0. The number of benzene rings is 2. The zero-order chi connectivity index (χ0) is 66.9. The van der Waals surface area contributed by atoms with E-state index in [1.807, 2.05) is 50.3 Å². The van der Waals surface area contributed by atoms with Crippen LogP contribution in [0.15, 0.2) is 66.3 Å². The number of halogens is 1. The van der Waals surface area contributed by atoms with Crippen LogP contribution in [0.2, 0.25) is 5.02 Å². The van der Waals surface area contributed by atoms with E-state index in [1.54, 1.807) is 38.1 Å². The fraction of sp³-hybridized carbons (Fsp3) is 0.587. The molecule has 3 aliphatic rings. The molecule has 1 aromatic heterocycles. The number of aryl methyl sites for hydroxylation is 1. The third-order valence-corrected chi connectivity index (χ3v) is 17.4. The van der Waals surface area contributed by atoms with Crippen molar-refractivity contribution >= 4 is 75.7 Å². The molecule has 2 saturated heterocycles. The maximum Gasteiger partial charge on any atom is 0.409 e. The van der Waals surface area contributed by atoms with Crippen molar-refractivity contribution in [2.24, 2.45) is 5.92 Å². The number of fused-ring (bicyclic) bond motifs is 6. The Morgan fingerprint density at radius 2 is 1.53 bits per heavy atom. The van der Waals surface area contributed by atoms with Gasteiger partial charge >= 0.3 is 12.1 Å². The van der Waals surface area contributed by atoms with E-state index in [9.17, 15) is 48.6 Å². The Bertz CT molecular complexity index is 3130. The minimum Gasteiger partial charge on any atom is -0.495 e. The van der Waals surface area contributed by atoms with E-state index in [2.05, 4.69) is 26.7 Å². The summed E-state index contributed by atoms with van der Waals surface area (Å²) in [6, 6.07) is 12.1. The fourth-order valence-electron chi connectivity index (χ4n) is 11.0. The van der Waals surface area contributed by atoms with Crippen LogP contribution in [-0.2, 0) is 81.5 Å². The number of para-hydroxylation sites is 1. The van der Waals surface area contributed by atoms with Gasteiger partial charge in [-0.3, -0.25) is 39.5 Å². The molecule has 0 aliphatic carbocycles. The minimum absolute atomic E-state index is 0.00257. The molecule has 5 N–H and O–H groups in total. The summed E-state index contributed by atoms with van der Waals surface area (Å²) in [4.78, 5) is 118. The quantitative estimate of drug-likeness (QED) is 0.0396. The smallest absolute Gasteiger partial charge is 0.409 e. The van der Waals surface area contributed by atoms with E-state index >= 15 is 0 Å². The first-order valence-electron chi connectivity index (χ1n) is 30.2. The standard InChI is InChI=1S/C63H91ClN10O17/c1-40-16-15-19-50(75)63(84)35-49(89-61(83)67-63)41(2)59-62(4,91-59)51(34-54(78)70(8)47-31-43(30-40)32-48(88-12)58(47)64)90-60(82)42(3)69(7)53(77)21-22-71(24-27-85-9)56(80)38-73(26-29-87-11)57(81)39-72(25-28-86-10)55(79)36-66-52(76)20-23-74-45(37-68(6)65-5)33-44-17-13-14-18-46(44)74/h13-19,31-33,41-42,49-51,59,65,75,84H,20-30,34-39H2,1-12H3,(H,66,76)(H,67,83)/b19-15+,40-16+/t41-,42+,49+,50-,51+,59?,62+,63+/m1/s1. The second-order valence-corrected chi connectivity index (χ2v) is 23.8. The van der Waals surface area contributed by atoms with Crippen LogP contribution in [0.4, 0.5) is 10.5 Å². The largest absolute Gasteiger partial charge is 0.495 e. The van der Waals surface area contributed by atoms with Crippen LogP contribution < -0.4 is 25.7 Å². The van der Waals surface area contributed by atoms with E-state index in [0.717, 1.165) is 27.1 Å². The molecule has 7 amide bonds. The number of epoxide rings is 1. The number of amides is 7. The van der Waals surface area contributed by atoms with Crippen molar-refractivity contribution in [3.63, 3.8) is 0 Å². The Kier molecular flexibility index (Phi) is 26.7. The molecule has 4 bridgehead atoms. The van der Waals surface area contributed by atoms with E-state index in [-0.39, 0.29) is 81.9 Å². The summed E-state index contributed by atoms with van der Waals surface area (Å²) in [5.41, 5.74) is 3.31. The second-order valence-electron chi connectivity index (χ2n) is 23.4. The number of esters is 1. The average Bonchev–Trinajstić information content (AvgIpc) is 1.60. The number of likely N-dealkylation sites (N-methyl/N-ethyl adjacent to an activating group) is 1. The molecule has 3 aliphatic heterocycles. The highest BCUT2D eigenvalue weighted by molar-refractivity contribution is 6.35. The monoisotopic (exact) mass is 1290 g/mol. The number of nitrogens with zero attached hydrogens (tertiary/aromatic N) is 7. The summed E-state index contributed by atoms with van der Waals surface area (Å²) < 4.78 is 41.7. The van der Waals surface area contributed by atoms with Gasteiger partial charge in [-0.05, 0) is 69.5 Å². The molecule has 2 fully saturated rings. The minimum atomic E-state index is -2.15. The fourth-order valence-corrected chi connectivity index (χ4v) is 11.3. The lowest BCUT2D eigenvalue weighted by atomic mass is 9.83. The molecule has 0 radical (unpaired) electrons. The molecule has 502 valence electrons. The van der Waals surface area contributed by atoms with Crippen LogP contribution in [0, 0.1) is 5.92 Å². The molecule has 1 unspecified atom stereocenters. The summed E-state index contributed by atoms with van der Waals surface area (Å²) in [7, 11) is 12.4. The number of hydrogen-bond acceptors (Lipinski definition) is 19. The van der Waals surface area contributed by atoms with Crippen molar-refractivity contribution in [1.29, 1.82) is 0 Å². The maximum absolute atomic E-state index is 14.5. The Hall–Kier alpha value is -7.21. The van der Waals surface area contributed by atoms with Crippen LogP contribution in [0.25, 0.3) is 10.9 Å². The topological polar surface area (TPSA) is 305 Å². The molecule has 8 atom stereocenters. The number of aliphatic hydroxyl groups is 2. The Morgan fingerprint density at radius 3 is 2.18 bits per heavy atom. The van der Waals surface area contributed by atoms with Gasteiger partial charge in [-0.25, -0.2) is 14.6 Å². The summed E-state index contributed by atoms with van der Waals surface area (Å²) in [6.45, 7) is 6.15. The summed E-state index contributed by atoms with van der Waals surface area (Å²) in [5, 5.41) is 31.0. The molecule has 2 aromatic carbocycles. The van der Waals surface area contributed by atoms with Gasteiger partial charge in [0.1, 0.15) is 40.7 Å². The van der Waals surface area contributed by atoms with E-state index in [0.29, 0.717) is 30.8 Å². The molecule has 6 rings (SSSR count). The average molecular weight is 1300 g/mol. The molecule has 27 nitrogen and oxygen atoms in total. The summed E-state index contributed by atoms with van der Waals surface area (Å²) in [5.74, 6) is -4.53. The summed E-state index contributed by atoms with van der Waals surface area (Å²) in [6.07, 6.45) is -1.72. The van der Waals surface area contributed by atoms with Crippen LogP contribution >= 0.6 is 11.6 Å². The van der Waals surface area contributed by atoms with Crippen LogP contribution in [-0.4, -0.2) is 251 Å². The van der Waals surface area contributed by atoms with E-state index in [4.69, 9.17) is 44.8 Å². The zero-order valence-electron chi connectivity index (χ0n) is 54.3. The molecule has 91 heavy (non-hydrogen) atoms. The molecular weight excluding hydrogens is 1200 g/mol. The summed E-state index contributed by atoms with van der Waals surface area (Å²) >= 11 is 6.84. The number of rotatable bonds is 28. The van der Waals surface area contributed by atoms with Crippen molar-refractivity contribution in [3.05, 3.63) is 82.5 Å². The predicted octanol–water partition coefficient (Wildman–Crippen LogP) is 2.40. The SMILES string of the molecule is CNN(C)Cc1cc2ccccc2n1CCC(=O)NCC(=O)N(CCOC)CC(=O)N(CCOC)CC(=O)N(CCOC)CCC(=O)N(C)[C@@H](C)C(=O)O[C@H]1CC(=O)N(C)c2cc(cc(OC)c2Cl)C/C(C)=C/C=C/[C@@H](O)[C@@]2(O)C[C@H](OC(=O)N2)[C@@H](C)C2O[C@]21C. The third kappa shape index (κ3) is 19.2. The number of carbonyl (C=O) groups excluding carboxylic acids is 8. The van der Waals surface area contributed by atoms with Gasteiger partial charge in [-0.1, -0.05) is 60.5 Å². The van der Waals surface area contributed by atoms with Crippen LogP contribution in [0.5, 0.6) is 5.75 Å². The van der Waals surface area contributed by atoms with Gasteiger partial charge in [-0.15, -0.1) is 0 Å². The predicted molar refractivity (Wildman–Crippen MR) is 336 cm³/mol. The number of anilines is 1. The molecule has 0 spiro atoms. The van der Waals surface area contributed by atoms with Gasteiger partial charge in [0.2, 0.25) is 35.4 Å². The number of hydrogen-bond donors (Lipinski definition) is 5. The first-order valence-corrected chi connectivity index (χ1v) is 30.6. The van der Waals surface area contributed by atoms with Crippen molar-refractivity contribution in [1.82, 2.24) is 45.2 Å². The van der Waals surface area contributed by atoms with Gasteiger partial charge in [0.05, 0.1) is 71.3 Å². The lowest BCUT2D eigenvalue weighted by Crippen LogP contribution is -2.63. The zero-order valence-corrected chi connectivity index (χ0v) is 55.0. The van der Waals surface area contributed by atoms with Gasteiger partial charge in [-0.2, -0.15) is 0 Å². The Balaban J connectivity index is 1.12. The molecular formula is C63H91ClN10O17. The van der Waals surface area contributed by atoms with E-state index < -0.39 is 115 Å². The van der Waals surface area contributed by atoms with E-state index in [1.165, 1.54) is 75.1 Å². The molecule has 3 aromatic rings. The lowest BCUT2D eigenvalue weighted by Gasteiger charge is -2.41. The highest BCUT2D eigenvalue weighted by atomic mass is 35.5. The second kappa shape index (κ2) is 33.4.